The molecule has 2 aliphatic heterocycles. The van der Waals surface area contributed by atoms with Crippen LogP contribution in [0.1, 0.15) is 52.3 Å². The molecule has 0 amide bonds. The molecule has 1 aromatic heterocycles. The lowest BCUT2D eigenvalue weighted by Gasteiger charge is -2.29. The van der Waals surface area contributed by atoms with Crippen LogP contribution < -0.4 is 4.90 Å². The van der Waals surface area contributed by atoms with Crippen molar-refractivity contribution in [3.63, 3.8) is 0 Å². The van der Waals surface area contributed by atoms with Crippen LogP contribution in [-0.2, 0) is 21.7 Å². The summed E-state index contributed by atoms with van der Waals surface area (Å²) in [4.78, 5) is 10.9. The molecule has 2 aliphatic rings. The van der Waals surface area contributed by atoms with Crippen molar-refractivity contribution in [2.45, 2.75) is 53.2 Å². The Morgan fingerprint density at radius 1 is 1.17 bits per heavy atom. The molecule has 1 unspecified atom stereocenters. The monoisotopic (exact) mass is 359 g/mol. The highest BCUT2D eigenvalue weighted by Crippen LogP contribution is 2.41. The third-order valence-corrected chi connectivity index (χ3v) is 4.06. The average molecular weight is 360 g/mol. The minimum atomic E-state index is -0.586. The van der Waals surface area contributed by atoms with Crippen LogP contribution in [0.2, 0.25) is 5.28 Å². The van der Waals surface area contributed by atoms with Gasteiger partial charge in [-0.05, 0) is 18.5 Å². The van der Waals surface area contributed by atoms with Gasteiger partial charge in [-0.1, -0.05) is 27.7 Å². The van der Waals surface area contributed by atoms with E-state index in [0.717, 1.165) is 30.2 Å². The summed E-state index contributed by atoms with van der Waals surface area (Å²) in [7, 11) is 0. The maximum Gasteiger partial charge on any atom is 0.224 e. The molecular weight excluding hydrogens is 330 g/mol. The van der Waals surface area contributed by atoms with Crippen molar-refractivity contribution < 1.29 is 14.6 Å². The van der Waals surface area contributed by atoms with E-state index in [2.05, 4.69) is 14.9 Å². The van der Waals surface area contributed by atoms with Gasteiger partial charge in [0.1, 0.15) is 11.4 Å². The number of fused-ring (bicyclic) bond motifs is 1. The van der Waals surface area contributed by atoms with Crippen LogP contribution >= 0.6 is 11.6 Å². The van der Waals surface area contributed by atoms with Crippen LogP contribution in [0.25, 0.3) is 0 Å². The molecule has 0 saturated carbocycles. The van der Waals surface area contributed by atoms with Gasteiger partial charge in [0.25, 0.3) is 0 Å². The molecule has 138 valence electrons. The van der Waals surface area contributed by atoms with Gasteiger partial charge in [-0.25, -0.2) is 9.97 Å². The standard InChI is InChI=1S/C13H18ClN3O3.2C2H6/c1-13(2-5-18)10-9(8-20-13)11(16-12(14)15-10)17-3-6-19-7-4-17;2*1-2/h18H,2-8H2,1H3;2*1-2H3. The third-order valence-electron chi connectivity index (χ3n) is 3.89. The maximum atomic E-state index is 9.22. The molecule has 1 aromatic rings. The van der Waals surface area contributed by atoms with Gasteiger partial charge in [0, 0.05) is 31.7 Å². The summed E-state index contributed by atoms with van der Waals surface area (Å²) < 4.78 is 11.2. The van der Waals surface area contributed by atoms with Gasteiger partial charge in [-0.15, -0.1) is 0 Å². The Bertz CT molecular complexity index is 510. The Morgan fingerprint density at radius 2 is 1.79 bits per heavy atom. The molecule has 6 nitrogen and oxygen atoms in total. The summed E-state index contributed by atoms with van der Waals surface area (Å²) in [5, 5.41) is 9.44. The SMILES string of the molecule is CC.CC.CC1(CCO)OCc2c(N3CCOCC3)nc(Cl)nc21. The summed E-state index contributed by atoms with van der Waals surface area (Å²) >= 11 is 6.08. The number of aliphatic hydroxyl groups is 1. The Balaban J connectivity index is 0.000000671. The van der Waals surface area contributed by atoms with Crippen LogP contribution in [0.5, 0.6) is 0 Å². The minimum absolute atomic E-state index is 0.0461. The average Bonchev–Trinajstić information content (AvgIpc) is 2.96. The summed E-state index contributed by atoms with van der Waals surface area (Å²) in [5.41, 5.74) is 1.19. The maximum absolute atomic E-state index is 9.22. The smallest absolute Gasteiger partial charge is 0.224 e. The molecule has 0 radical (unpaired) electrons. The van der Waals surface area contributed by atoms with Crippen LogP contribution in [0, 0.1) is 0 Å². The Hall–Kier alpha value is -0.950. The Labute approximate surface area is 150 Å². The van der Waals surface area contributed by atoms with Crippen molar-refractivity contribution in [1.29, 1.82) is 0 Å². The second-order valence-corrected chi connectivity index (χ2v) is 5.57. The number of rotatable bonds is 3. The number of aromatic nitrogens is 2. The van der Waals surface area contributed by atoms with E-state index in [4.69, 9.17) is 21.1 Å². The highest BCUT2D eigenvalue weighted by atomic mass is 35.5. The fourth-order valence-corrected chi connectivity index (χ4v) is 2.92. The van der Waals surface area contributed by atoms with Gasteiger partial charge in [0.15, 0.2) is 0 Å². The molecule has 0 spiro atoms. The third kappa shape index (κ3) is 4.57. The predicted molar refractivity (Wildman–Crippen MR) is 96.6 cm³/mol. The quantitative estimate of drug-likeness (QED) is 0.836. The van der Waals surface area contributed by atoms with Gasteiger partial charge < -0.3 is 19.5 Å². The second-order valence-electron chi connectivity index (χ2n) is 5.24. The zero-order chi connectivity index (χ0) is 18.2. The number of halogens is 1. The van der Waals surface area contributed by atoms with E-state index in [-0.39, 0.29) is 11.9 Å². The minimum Gasteiger partial charge on any atom is -0.396 e. The largest absolute Gasteiger partial charge is 0.396 e. The number of hydrogen-bond acceptors (Lipinski definition) is 6. The van der Waals surface area contributed by atoms with Crippen molar-refractivity contribution in [3.8, 4) is 0 Å². The van der Waals surface area contributed by atoms with E-state index in [1.807, 2.05) is 34.6 Å². The first kappa shape index (κ1) is 21.1. The summed E-state index contributed by atoms with van der Waals surface area (Å²) in [6, 6.07) is 0. The summed E-state index contributed by atoms with van der Waals surface area (Å²) in [6.07, 6.45) is 0.496. The number of nitrogens with zero attached hydrogens (tertiary/aromatic N) is 3. The molecule has 0 aliphatic carbocycles. The number of anilines is 1. The second kappa shape index (κ2) is 10.1. The number of ether oxygens (including phenoxy) is 2. The van der Waals surface area contributed by atoms with Crippen LogP contribution in [0.15, 0.2) is 0 Å². The normalized spacial score (nSPS) is 22.0. The van der Waals surface area contributed by atoms with Gasteiger partial charge in [0.2, 0.25) is 5.28 Å². The molecule has 7 heteroatoms. The number of aliphatic hydroxyl groups excluding tert-OH is 1. The van der Waals surface area contributed by atoms with E-state index in [1.165, 1.54) is 0 Å². The molecule has 1 saturated heterocycles. The van der Waals surface area contributed by atoms with Crippen molar-refractivity contribution >= 4 is 17.4 Å². The topological polar surface area (TPSA) is 67.7 Å². The van der Waals surface area contributed by atoms with Crippen molar-refractivity contribution in [1.82, 2.24) is 9.97 Å². The zero-order valence-corrected chi connectivity index (χ0v) is 16.2. The van der Waals surface area contributed by atoms with E-state index in [9.17, 15) is 5.11 Å². The molecule has 3 rings (SSSR count). The van der Waals surface area contributed by atoms with Gasteiger partial charge in [-0.2, -0.15) is 0 Å². The number of hydrogen-bond donors (Lipinski definition) is 1. The summed E-state index contributed by atoms with van der Waals surface area (Å²) in [5.74, 6) is 0.838. The lowest BCUT2D eigenvalue weighted by atomic mass is 9.97. The fourth-order valence-electron chi connectivity index (χ4n) is 2.76. The van der Waals surface area contributed by atoms with Crippen LogP contribution in [0.3, 0.4) is 0 Å². The lowest BCUT2D eigenvalue weighted by Crippen LogP contribution is -2.37. The van der Waals surface area contributed by atoms with Crippen molar-refractivity contribution in [2.75, 3.05) is 37.8 Å². The molecule has 0 bridgehead atoms. The first-order valence-electron chi connectivity index (χ1n) is 8.78. The number of morpholine rings is 1. The summed E-state index contributed by atoms with van der Waals surface area (Å²) in [6.45, 7) is 13.4. The van der Waals surface area contributed by atoms with E-state index >= 15 is 0 Å². The van der Waals surface area contributed by atoms with Crippen LogP contribution in [0.4, 0.5) is 5.82 Å². The lowest BCUT2D eigenvalue weighted by molar-refractivity contribution is -0.0410. The Kier molecular flexibility index (Phi) is 8.91. The molecular formula is C17H30ClN3O3. The molecule has 1 atom stereocenters. The molecule has 3 heterocycles. The van der Waals surface area contributed by atoms with Gasteiger partial charge in [0.05, 0.1) is 25.5 Å². The fraction of sp³-hybridized carbons (Fsp3) is 0.765. The first-order chi connectivity index (χ1) is 11.6. The molecule has 1 N–H and O–H groups in total. The highest BCUT2D eigenvalue weighted by molar-refractivity contribution is 6.28. The molecule has 0 aromatic carbocycles. The van der Waals surface area contributed by atoms with Gasteiger partial charge in [-0.3, -0.25) is 0 Å². The van der Waals surface area contributed by atoms with Crippen molar-refractivity contribution in [2.24, 2.45) is 0 Å². The van der Waals surface area contributed by atoms with Crippen molar-refractivity contribution in [3.05, 3.63) is 16.5 Å². The predicted octanol–water partition coefficient (Wildman–Crippen LogP) is 3.15. The molecule has 24 heavy (non-hydrogen) atoms. The first-order valence-corrected chi connectivity index (χ1v) is 9.16. The molecule has 1 fully saturated rings. The van der Waals surface area contributed by atoms with E-state index < -0.39 is 5.60 Å². The highest BCUT2D eigenvalue weighted by Gasteiger charge is 2.40. The Morgan fingerprint density at radius 3 is 2.38 bits per heavy atom. The van der Waals surface area contributed by atoms with E-state index in [1.54, 1.807) is 0 Å². The van der Waals surface area contributed by atoms with Crippen LogP contribution in [-0.4, -0.2) is 48.0 Å². The zero-order valence-electron chi connectivity index (χ0n) is 15.4. The van der Waals surface area contributed by atoms with E-state index in [0.29, 0.717) is 26.2 Å². The van der Waals surface area contributed by atoms with Gasteiger partial charge >= 0.3 is 0 Å².